The monoisotopic (exact) mass is 371 g/mol. The Labute approximate surface area is 145 Å². The normalized spacial score (nSPS) is 20.7. The highest BCUT2D eigenvalue weighted by molar-refractivity contribution is 5.97. The van der Waals surface area contributed by atoms with Crippen LogP contribution >= 0.6 is 0 Å². The van der Waals surface area contributed by atoms with Crippen LogP contribution in [-0.2, 0) is 11.3 Å². The van der Waals surface area contributed by atoms with Crippen LogP contribution in [-0.4, -0.2) is 50.7 Å². The maximum Gasteiger partial charge on any atom is 0.406 e. The zero-order valence-electron chi connectivity index (χ0n) is 13.7. The molecule has 140 valence electrons. The first-order chi connectivity index (χ1) is 12.1. The number of halogens is 3. The van der Waals surface area contributed by atoms with Gasteiger partial charge in [0.1, 0.15) is 6.54 Å². The second kappa shape index (κ2) is 6.19. The number of imidazole rings is 1. The molecule has 0 saturated carbocycles. The van der Waals surface area contributed by atoms with Gasteiger partial charge in [0.25, 0.3) is 5.91 Å². The average molecular weight is 371 g/mol. The number of H-pyrrole nitrogens is 1. The zero-order chi connectivity index (χ0) is 19.2. The molecule has 0 spiro atoms. The first-order valence-electron chi connectivity index (χ1n) is 7.88. The minimum Gasteiger partial charge on any atom is -0.481 e. The summed E-state index contributed by atoms with van der Waals surface area (Å²) in [7, 11) is 0. The first-order valence-corrected chi connectivity index (χ1v) is 7.88. The van der Waals surface area contributed by atoms with Gasteiger partial charge in [-0.3, -0.25) is 14.2 Å². The number of amides is 1. The number of alkyl halides is 3. The van der Waals surface area contributed by atoms with E-state index in [0.29, 0.717) is 4.57 Å². The van der Waals surface area contributed by atoms with Gasteiger partial charge in [-0.2, -0.15) is 13.2 Å². The van der Waals surface area contributed by atoms with Crippen molar-refractivity contribution >= 4 is 22.9 Å². The van der Waals surface area contributed by atoms with Crippen molar-refractivity contribution in [3.05, 3.63) is 34.2 Å². The Morgan fingerprint density at radius 2 is 2.00 bits per heavy atom. The van der Waals surface area contributed by atoms with E-state index in [-0.39, 0.29) is 35.6 Å². The third kappa shape index (κ3) is 3.31. The van der Waals surface area contributed by atoms with Crippen molar-refractivity contribution in [1.29, 1.82) is 0 Å². The molecule has 2 N–H and O–H groups in total. The van der Waals surface area contributed by atoms with Gasteiger partial charge in [0.15, 0.2) is 0 Å². The minimum atomic E-state index is -4.55. The van der Waals surface area contributed by atoms with Crippen molar-refractivity contribution in [2.24, 2.45) is 11.8 Å². The number of aromatic nitrogens is 2. The van der Waals surface area contributed by atoms with E-state index in [1.165, 1.54) is 23.1 Å². The number of benzene rings is 1. The molecule has 26 heavy (non-hydrogen) atoms. The molecule has 0 unspecified atom stereocenters. The fourth-order valence-electron chi connectivity index (χ4n) is 3.27. The Morgan fingerprint density at radius 3 is 2.58 bits per heavy atom. The number of fused-ring (bicyclic) bond motifs is 1. The highest BCUT2D eigenvalue weighted by atomic mass is 19.4. The van der Waals surface area contributed by atoms with Crippen molar-refractivity contribution in [2.45, 2.75) is 19.6 Å². The molecule has 10 heteroatoms. The van der Waals surface area contributed by atoms with E-state index in [1.54, 1.807) is 6.92 Å². The first kappa shape index (κ1) is 18.0. The third-order valence-corrected chi connectivity index (χ3v) is 4.58. The third-order valence-electron chi connectivity index (χ3n) is 4.58. The number of aliphatic carboxylic acids is 1. The van der Waals surface area contributed by atoms with Gasteiger partial charge >= 0.3 is 17.8 Å². The summed E-state index contributed by atoms with van der Waals surface area (Å²) >= 11 is 0. The van der Waals surface area contributed by atoms with Crippen LogP contribution in [0.3, 0.4) is 0 Å². The Hall–Kier alpha value is -2.78. The van der Waals surface area contributed by atoms with E-state index in [2.05, 4.69) is 4.98 Å². The van der Waals surface area contributed by atoms with Crippen LogP contribution in [0.1, 0.15) is 17.3 Å². The van der Waals surface area contributed by atoms with Gasteiger partial charge in [-0.15, -0.1) is 0 Å². The minimum absolute atomic E-state index is 0.0436. The molecule has 1 saturated heterocycles. The topological polar surface area (TPSA) is 95.4 Å². The van der Waals surface area contributed by atoms with Crippen molar-refractivity contribution in [1.82, 2.24) is 14.5 Å². The number of hydrogen-bond donors (Lipinski definition) is 2. The van der Waals surface area contributed by atoms with E-state index in [0.717, 1.165) is 0 Å². The standard InChI is InChI=1S/C16H16F3N3O4/c1-8-5-21(6-10(8)14(24)25)13(23)9-2-3-12-11(4-9)20-15(26)22(12)7-16(17,18)19/h2-4,8,10H,5-7H2,1H3,(H,20,26)(H,24,25)/t8-,10-/m1/s1. The number of carbonyl (C=O) groups excluding carboxylic acids is 1. The van der Waals surface area contributed by atoms with Crippen molar-refractivity contribution in [3.63, 3.8) is 0 Å². The number of carboxylic acids is 1. The number of nitrogens with zero attached hydrogens (tertiary/aromatic N) is 2. The summed E-state index contributed by atoms with van der Waals surface area (Å²) < 4.78 is 38.3. The van der Waals surface area contributed by atoms with Gasteiger partial charge in [-0.1, -0.05) is 6.92 Å². The van der Waals surface area contributed by atoms with Gasteiger partial charge in [0.05, 0.1) is 17.0 Å². The van der Waals surface area contributed by atoms with E-state index in [4.69, 9.17) is 5.11 Å². The molecule has 3 rings (SSSR count). The predicted octanol–water partition coefficient (Wildman–Crippen LogP) is 1.68. The molecular weight excluding hydrogens is 355 g/mol. The van der Waals surface area contributed by atoms with Gasteiger partial charge in [-0.05, 0) is 24.1 Å². The van der Waals surface area contributed by atoms with Crippen LogP contribution in [0.2, 0.25) is 0 Å². The summed E-state index contributed by atoms with van der Waals surface area (Å²) in [4.78, 5) is 39.2. The molecule has 2 aromatic rings. The molecule has 0 bridgehead atoms. The summed E-state index contributed by atoms with van der Waals surface area (Å²) in [5.74, 6) is -2.26. The SMILES string of the molecule is C[C@@H]1CN(C(=O)c2ccc3c(c2)[nH]c(=O)n3CC(F)(F)F)C[C@H]1C(=O)O. The molecule has 1 fully saturated rings. The molecule has 2 heterocycles. The largest absolute Gasteiger partial charge is 0.481 e. The maximum absolute atomic E-state index is 12.6. The molecule has 2 atom stereocenters. The molecule has 0 radical (unpaired) electrons. The molecule has 7 nitrogen and oxygen atoms in total. The van der Waals surface area contributed by atoms with Gasteiger partial charge in [0, 0.05) is 18.7 Å². The lowest BCUT2D eigenvalue weighted by atomic mass is 9.99. The summed E-state index contributed by atoms with van der Waals surface area (Å²) in [5.41, 5.74) is -0.576. The molecule has 1 amide bonds. The number of aromatic amines is 1. The number of hydrogen-bond acceptors (Lipinski definition) is 3. The summed E-state index contributed by atoms with van der Waals surface area (Å²) in [5, 5.41) is 9.15. The van der Waals surface area contributed by atoms with Crippen molar-refractivity contribution in [2.75, 3.05) is 13.1 Å². The second-order valence-corrected chi connectivity index (χ2v) is 6.50. The van der Waals surface area contributed by atoms with Crippen LogP contribution < -0.4 is 5.69 Å². The fourth-order valence-corrected chi connectivity index (χ4v) is 3.27. The van der Waals surface area contributed by atoms with Gasteiger partial charge in [-0.25, -0.2) is 4.79 Å². The lowest BCUT2D eigenvalue weighted by molar-refractivity contribution is -0.142. The average Bonchev–Trinajstić information content (AvgIpc) is 3.06. The Bertz CT molecular complexity index is 931. The molecule has 1 aliphatic heterocycles. The Kier molecular flexibility index (Phi) is 4.29. The molecule has 0 aliphatic carbocycles. The lowest BCUT2D eigenvalue weighted by Crippen LogP contribution is -2.29. The second-order valence-electron chi connectivity index (χ2n) is 6.50. The van der Waals surface area contributed by atoms with Crippen LogP contribution in [0, 0.1) is 11.8 Å². The van der Waals surface area contributed by atoms with Gasteiger partial charge < -0.3 is 15.0 Å². The maximum atomic E-state index is 12.6. The predicted molar refractivity (Wildman–Crippen MR) is 84.8 cm³/mol. The molecule has 1 aromatic carbocycles. The van der Waals surface area contributed by atoms with Crippen LogP contribution in [0.4, 0.5) is 13.2 Å². The van der Waals surface area contributed by atoms with E-state index >= 15 is 0 Å². The number of carbonyl (C=O) groups is 2. The zero-order valence-corrected chi connectivity index (χ0v) is 13.7. The quantitative estimate of drug-likeness (QED) is 0.858. The van der Waals surface area contributed by atoms with Gasteiger partial charge in [0.2, 0.25) is 0 Å². The van der Waals surface area contributed by atoms with Crippen LogP contribution in [0.5, 0.6) is 0 Å². The molecule has 1 aromatic heterocycles. The van der Waals surface area contributed by atoms with E-state index in [9.17, 15) is 27.6 Å². The number of rotatable bonds is 3. The summed E-state index contributed by atoms with van der Waals surface area (Å²) in [6, 6.07) is 3.93. The molecule has 1 aliphatic rings. The fraction of sp³-hybridized carbons (Fsp3) is 0.438. The summed E-state index contributed by atoms with van der Waals surface area (Å²) in [6.45, 7) is 0.658. The number of likely N-dealkylation sites (tertiary alicyclic amines) is 1. The van der Waals surface area contributed by atoms with Crippen molar-refractivity contribution in [3.8, 4) is 0 Å². The highest BCUT2D eigenvalue weighted by Crippen LogP contribution is 2.26. The number of carboxylic acid groups (broad SMARTS) is 1. The Balaban J connectivity index is 1.89. The Morgan fingerprint density at radius 1 is 1.31 bits per heavy atom. The van der Waals surface area contributed by atoms with Crippen LogP contribution in [0.25, 0.3) is 11.0 Å². The van der Waals surface area contributed by atoms with Crippen molar-refractivity contribution < 1.29 is 27.9 Å². The lowest BCUT2D eigenvalue weighted by Gasteiger charge is -2.16. The molecular formula is C16H16F3N3O4. The van der Waals surface area contributed by atoms with Crippen LogP contribution in [0.15, 0.2) is 23.0 Å². The highest BCUT2D eigenvalue weighted by Gasteiger charge is 2.37. The summed E-state index contributed by atoms with van der Waals surface area (Å²) in [6.07, 6.45) is -4.55. The van der Waals surface area contributed by atoms with E-state index < -0.39 is 36.2 Å². The van der Waals surface area contributed by atoms with E-state index in [1.807, 2.05) is 0 Å². The smallest absolute Gasteiger partial charge is 0.406 e. The number of nitrogens with one attached hydrogen (secondary N) is 1.